The van der Waals surface area contributed by atoms with E-state index in [0.717, 1.165) is 13.1 Å². The van der Waals surface area contributed by atoms with Crippen LogP contribution in [-0.2, 0) is 5.54 Å². The summed E-state index contributed by atoms with van der Waals surface area (Å²) in [4.78, 5) is 16.7. The minimum Gasteiger partial charge on any atom is -0.391 e. The summed E-state index contributed by atoms with van der Waals surface area (Å²) in [7, 11) is 0. The fourth-order valence-electron chi connectivity index (χ4n) is 2.63. The van der Waals surface area contributed by atoms with Crippen molar-refractivity contribution in [2.24, 2.45) is 5.41 Å². The molecule has 1 fully saturated rings. The van der Waals surface area contributed by atoms with E-state index in [1.807, 2.05) is 36.5 Å². The Bertz CT molecular complexity index is 560. The van der Waals surface area contributed by atoms with Gasteiger partial charge in [0.15, 0.2) is 0 Å². The SMILES string of the molecule is CC(C)(C)[C@H](O)CN1CCN(C(=O)c2cnn(C(C)(C)C)c2)CC1. The molecule has 1 amide bonds. The van der Waals surface area contributed by atoms with Gasteiger partial charge in [0.1, 0.15) is 0 Å². The van der Waals surface area contributed by atoms with Crippen LogP contribution in [-0.4, -0.2) is 69.4 Å². The molecule has 1 atom stereocenters. The summed E-state index contributed by atoms with van der Waals surface area (Å²) in [6, 6.07) is 0. The Kier molecular flexibility index (Phi) is 5.40. The number of rotatable bonds is 3. The summed E-state index contributed by atoms with van der Waals surface area (Å²) >= 11 is 0. The smallest absolute Gasteiger partial charge is 0.257 e. The minimum absolute atomic E-state index is 0.0431. The molecule has 0 aliphatic carbocycles. The molecule has 1 saturated heterocycles. The van der Waals surface area contributed by atoms with Gasteiger partial charge in [-0.05, 0) is 26.2 Å². The fraction of sp³-hybridized carbons (Fsp3) is 0.778. The van der Waals surface area contributed by atoms with Gasteiger partial charge in [-0.2, -0.15) is 5.10 Å². The number of carbonyl (C=O) groups is 1. The lowest BCUT2D eigenvalue weighted by Crippen LogP contribution is -2.51. The molecule has 0 bridgehead atoms. The third-order valence-corrected chi connectivity index (χ3v) is 4.61. The third kappa shape index (κ3) is 4.57. The fourth-order valence-corrected chi connectivity index (χ4v) is 2.63. The standard InChI is InChI=1S/C18H32N4O2/c1-17(2,3)15(23)13-20-7-9-21(10-8-20)16(24)14-11-19-22(12-14)18(4,5)6/h11-12,15,23H,7-10,13H2,1-6H3/t15-/m1/s1. The van der Waals surface area contributed by atoms with Crippen LogP contribution in [0.2, 0.25) is 0 Å². The van der Waals surface area contributed by atoms with Crippen molar-refractivity contribution in [3.05, 3.63) is 18.0 Å². The Morgan fingerprint density at radius 3 is 2.21 bits per heavy atom. The predicted molar refractivity (Wildman–Crippen MR) is 95.0 cm³/mol. The Morgan fingerprint density at radius 1 is 1.17 bits per heavy atom. The second-order valence-electron chi connectivity index (χ2n) is 8.82. The van der Waals surface area contributed by atoms with Crippen LogP contribution in [0.1, 0.15) is 51.9 Å². The highest BCUT2D eigenvalue weighted by Crippen LogP contribution is 2.21. The van der Waals surface area contributed by atoms with E-state index in [0.29, 0.717) is 25.2 Å². The first-order chi connectivity index (χ1) is 11.0. The molecule has 1 aliphatic rings. The van der Waals surface area contributed by atoms with E-state index in [9.17, 15) is 9.90 Å². The van der Waals surface area contributed by atoms with Crippen LogP contribution in [0.3, 0.4) is 0 Å². The van der Waals surface area contributed by atoms with Crippen LogP contribution >= 0.6 is 0 Å². The molecular formula is C18H32N4O2. The highest BCUT2D eigenvalue weighted by Gasteiger charge is 2.28. The van der Waals surface area contributed by atoms with Crippen LogP contribution in [0.4, 0.5) is 0 Å². The maximum absolute atomic E-state index is 12.6. The van der Waals surface area contributed by atoms with Gasteiger partial charge in [0.25, 0.3) is 5.91 Å². The molecule has 0 spiro atoms. The molecule has 6 nitrogen and oxygen atoms in total. The Hall–Kier alpha value is -1.40. The second-order valence-corrected chi connectivity index (χ2v) is 8.82. The lowest BCUT2D eigenvalue weighted by Gasteiger charge is -2.37. The lowest BCUT2D eigenvalue weighted by atomic mass is 9.89. The molecule has 1 aliphatic heterocycles. The Balaban J connectivity index is 1.90. The van der Waals surface area contributed by atoms with E-state index in [1.165, 1.54) is 0 Å². The molecular weight excluding hydrogens is 304 g/mol. The third-order valence-electron chi connectivity index (χ3n) is 4.61. The van der Waals surface area contributed by atoms with E-state index < -0.39 is 0 Å². The van der Waals surface area contributed by atoms with Gasteiger partial charge in [0.2, 0.25) is 0 Å². The summed E-state index contributed by atoms with van der Waals surface area (Å²) < 4.78 is 1.83. The normalized spacial score (nSPS) is 18.7. The molecule has 136 valence electrons. The number of β-amino-alcohol motifs (C(OH)–C–C–N with tert-alkyl or cyclic N) is 1. The minimum atomic E-state index is -0.357. The summed E-state index contributed by atoms with van der Waals surface area (Å²) in [5.74, 6) is 0.0431. The highest BCUT2D eigenvalue weighted by atomic mass is 16.3. The predicted octanol–water partition coefficient (Wildman–Crippen LogP) is 1.80. The number of aromatic nitrogens is 2. The van der Waals surface area contributed by atoms with Gasteiger partial charge in [-0.15, -0.1) is 0 Å². The van der Waals surface area contributed by atoms with Crippen molar-refractivity contribution >= 4 is 5.91 Å². The van der Waals surface area contributed by atoms with Gasteiger partial charge in [0, 0.05) is 38.9 Å². The number of piperazine rings is 1. The number of amides is 1. The maximum atomic E-state index is 12.6. The van der Waals surface area contributed by atoms with Gasteiger partial charge >= 0.3 is 0 Å². The highest BCUT2D eigenvalue weighted by molar-refractivity contribution is 5.93. The Morgan fingerprint density at radius 2 is 1.75 bits per heavy atom. The number of hydrogen-bond donors (Lipinski definition) is 1. The quantitative estimate of drug-likeness (QED) is 0.914. The van der Waals surface area contributed by atoms with E-state index in [1.54, 1.807) is 6.20 Å². The summed E-state index contributed by atoms with van der Waals surface area (Å²) in [5.41, 5.74) is 0.405. The molecule has 1 aromatic heterocycles. The first-order valence-electron chi connectivity index (χ1n) is 8.73. The van der Waals surface area contributed by atoms with Crippen LogP contribution < -0.4 is 0 Å². The number of aliphatic hydroxyl groups is 1. The zero-order valence-electron chi connectivity index (χ0n) is 15.9. The van der Waals surface area contributed by atoms with Gasteiger partial charge < -0.3 is 10.0 Å². The van der Waals surface area contributed by atoms with Crippen molar-refractivity contribution in [2.45, 2.75) is 53.2 Å². The van der Waals surface area contributed by atoms with Gasteiger partial charge in [-0.1, -0.05) is 20.8 Å². The average molecular weight is 336 g/mol. The zero-order valence-corrected chi connectivity index (χ0v) is 15.9. The van der Waals surface area contributed by atoms with Gasteiger partial charge in [-0.25, -0.2) is 0 Å². The molecule has 0 saturated carbocycles. The molecule has 2 rings (SSSR count). The van der Waals surface area contributed by atoms with Crippen LogP contribution in [0.5, 0.6) is 0 Å². The van der Waals surface area contributed by atoms with Crippen molar-refractivity contribution in [2.75, 3.05) is 32.7 Å². The average Bonchev–Trinajstić information content (AvgIpc) is 2.96. The monoisotopic (exact) mass is 336 g/mol. The van der Waals surface area contributed by atoms with Crippen LogP contribution in [0.25, 0.3) is 0 Å². The number of carbonyl (C=O) groups excluding carboxylic acids is 1. The zero-order chi connectivity index (χ0) is 18.1. The molecule has 24 heavy (non-hydrogen) atoms. The van der Waals surface area contributed by atoms with Crippen molar-refractivity contribution in [1.29, 1.82) is 0 Å². The number of nitrogens with zero attached hydrogens (tertiary/aromatic N) is 4. The van der Waals surface area contributed by atoms with E-state index in [4.69, 9.17) is 0 Å². The first kappa shape index (κ1) is 18.9. The van der Waals surface area contributed by atoms with Gasteiger partial charge in [-0.3, -0.25) is 14.4 Å². The van der Waals surface area contributed by atoms with E-state index in [2.05, 4.69) is 30.8 Å². The van der Waals surface area contributed by atoms with Crippen LogP contribution in [0, 0.1) is 5.41 Å². The molecule has 0 radical (unpaired) electrons. The molecule has 1 N–H and O–H groups in total. The van der Waals surface area contributed by atoms with Crippen molar-refractivity contribution in [3.8, 4) is 0 Å². The number of hydrogen-bond acceptors (Lipinski definition) is 4. The van der Waals surface area contributed by atoms with Crippen molar-refractivity contribution < 1.29 is 9.90 Å². The topological polar surface area (TPSA) is 61.6 Å². The van der Waals surface area contributed by atoms with Crippen molar-refractivity contribution in [3.63, 3.8) is 0 Å². The summed E-state index contributed by atoms with van der Waals surface area (Å²) in [5, 5.41) is 14.5. The molecule has 1 aromatic rings. The molecule has 6 heteroatoms. The number of aliphatic hydroxyl groups excluding tert-OH is 1. The molecule has 0 unspecified atom stereocenters. The Labute approximate surface area is 145 Å². The van der Waals surface area contributed by atoms with Gasteiger partial charge in [0.05, 0.1) is 23.4 Å². The van der Waals surface area contributed by atoms with E-state index >= 15 is 0 Å². The van der Waals surface area contributed by atoms with Crippen LogP contribution in [0.15, 0.2) is 12.4 Å². The van der Waals surface area contributed by atoms with Crippen molar-refractivity contribution in [1.82, 2.24) is 19.6 Å². The maximum Gasteiger partial charge on any atom is 0.257 e. The summed E-state index contributed by atoms with van der Waals surface area (Å²) in [6.07, 6.45) is 3.13. The van der Waals surface area contributed by atoms with E-state index in [-0.39, 0.29) is 23.0 Å². The molecule has 2 heterocycles. The first-order valence-corrected chi connectivity index (χ1v) is 8.73. The second kappa shape index (κ2) is 6.84. The molecule has 0 aromatic carbocycles. The summed E-state index contributed by atoms with van der Waals surface area (Å²) in [6.45, 7) is 16.0. The lowest BCUT2D eigenvalue weighted by molar-refractivity contribution is 0.0137. The largest absolute Gasteiger partial charge is 0.391 e.